The Bertz CT molecular complexity index is 443. The van der Waals surface area contributed by atoms with Crippen molar-refractivity contribution in [3.8, 4) is 10.4 Å². The highest BCUT2D eigenvalue weighted by atomic mass is 32.1. The number of aryl methyl sites for hydroxylation is 1. The van der Waals surface area contributed by atoms with Gasteiger partial charge in [0.25, 0.3) is 0 Å². The smallest absolute Gasteiger partial charge is 0.0900 e. The molecule has 2 rings (SSSR count). The molecule has 0 atom stereocenters. The molecular weight excluding hydrogens is 204 g/mol. The Hall–Kier alpha value is -1.22. The molecule has 0 amide bonds. The third-order valence-corrected chi connectivity index (χ3v) is 3.25. The molecule has 0 unspecified atom stereocenters. The molecule has 0 radical (unpaired) electrons. The Kier molecular flexibility index (Phi) is 2.82. The molecule has 2 aromatic heterocycles. The van der Waals surface area contributed by atoms with Gasteiger partial charge in [-0.1, -0.05) is 19.9 Å². The number of pyridine rings is 1. The Morgan fingerprint density at radius 3 is 2.40 bits per heavy atom. The molecule has 2 nitrogen and oxygen atoms in total. The van der Waals surface area contributed by atoms with E-state index in [1.54, 1.807) is 11.3 Å². The van der Waals surface area contributed by atoms with Gasteiger partial charge >= 0.3 is 0 Å². The van der Waals surface area contributed by atoms with Crippen molar-refractivity contribution in [2.75, 3.05) is 0 Å². The predicted molar refractivity (Wildman–Crippen MR) is 64.2 cm³/mol. The van der Waals surface area contributed by atoms with Crippen molar-refractivity contribution >= 4 is 11.3 Å². The van der Waals surface area contributed by atoms with E-state index >= 15 is 0 Å². The van der Waals surface area contributed by atoms with Crippen LogP contribution in [0.1, 0.15) is 30.5 Å². The lowest BCUT2D eigenvalue weighted by Crippen LogP contribution is -1.91. The van der Waals surface area contributed by atoms with Crippen molar-refractivity contribution in [3.63, 3.8) is 0 Å². The summed E-state index contributed by atoms with van der Waals surface area (Å²) in [7, 11) is 0. The van der Waals surface area contributed by atoms with Crippen molar-refractivity contribution in [1.82, 2.24) is 9.97 Å². The summed E-state index contributed by atoms with van der Waals surface area (Å²) in [5, 5.41) is 1.10. The van der Waals surface area contributed by atoms with Gasteiger partial charge in [0, 0.05) is 23.7 Å². The molecule has 78 valence electrons. The summed E-state index contributed by atoms with van der Waals surface area (Å²) in [4.78, 5) is 9.87. The van der Waals surface area contributed by atoms with E-state index in [4.69, 9.17) is 0 Å². The summed E-state index contributed by atoms with van der Waals surface area (Å²) in [5.41, 5.74) is 2.30. The van der Waals surface area contributed by atoms with Crippen LogP contribution in [0.15, 0.2) is 24.5 Å². The zero-order chi connectivity index (χ0) is 10.8. The Labute approximate surface area is 94.0 Å². The highest BCUT2D eigenvalue weighted by molar-refractivity contribution is 7.15. The van der Waals surface area contributed by atoms with Gasteiger partial charge in [0.05, 0.1) is 9.88 Å². The fourth-order valence-corrected chi connectivity index (χ4v) is 2.16. The van der Waals surface area contributed by atoms with Crippen LogP contribution in [-0.2, 0) is 0 Å². The second-order valence-electron chi connectivity index (χ2n) is 3.87. The van der Waals surface area contributed by atoms with Crippen LogP contribution in [0.3, 0.4) is 0 Å². The molecule has 0 saturated heterocycles. The van der Waals surface area contributed by atoms with Gasteiger partial charge in [-0.2, -0.15) is 0 Å². The standard InChI is InChI=1S/C12H14N2S/c1-8(2)11-5-4-10(6-14-11)12-7-13-9(3)15-12/h4-8H,1-3H3. The van der Waals surface area contributed by atoms with Gasteiger partial charge in [-0.15, -0.1) is 11.3 Å². The largest absolute Gasteiger partial charge is 0.260 e. The van der Waals surface area contributed by atoms with Crippen LogP contribution in [0.25, 0.3) is 10.4 Å². The van der Waals surface area contributed by atoms with E-state index in [2.05, 4.69) is 35.9 Å². The number of hydrogen-bond donors (Lipinski definition) is 0. The van der Waals surface area contributed by atoms with E-state index in [9.17, 15) is 0 Å². The van der Waals surface area contributed by atoms with Crippen molar-refractivity contribution in [2.45, 2.75) is 26.7 Å². The first kappa shape index (κ1) is 10.3. The van der Waals surface area contributed by atoms with Crippen LogP contribution >= 0.6 is 11.3 Å². The summed E-state index contributed by atoms with van der Waals surface area (Å²) < 4.78 is 0. The first-order valence-corrected chi connectivity index (χ1v) is 5.87. The number of aromatic nitrogens is 2. The fourth-order valence-electron chi connectivity index (χ4n) is 1.39. The minimum absolute atomic E-state index is 0.488. The maximum atomic E-state index is 4.44. The minimum Gasteiger partial charge on any atom is -0.260 e. The van der Waals surface area contributed by atoms with Crippen LogP contribution in [0.4, 0.5) is 0 Å². The lowest BCUT2D eigenvalue weighted by atomic mass is 10.1. The van der Waals surface area contributed by atoms with Crippen molar-refractivity contribution in [3.05, 3.63) is 35.2 Å². The van der Waals surface area contributed by atoms with Gasteiger partial charge in [0.2, 0.25) is 0 Å². The molecule has 0 fully saturated rings. The average Bonchev–Trinajstić information content (AvgIpc) is 2.65. The Balaban J connectivity index is 2.31. The zero-order valence-electron chi connectivity index (χ0n) is 9.19. The third kappa shape index (κ3) is 2.23. The van der Waals surface area contributed by atoms with Gasteiger partial charge in [0.15, 0.2) is 0 Å². The predicted octanol–water partition coefficient (Wildman–Crippen LogP) is 3.64. The third-order valence-electron chi connectivity index (χ3n) is 2.28. The van der Waals surface area contributed by atoms with Crippen molar-refractivity contribution < 1.29 is 0 Å². The molecule has 2 heterocycles. The van der Waals surface area contributed by atoms with E-state index in [0.29, 0.717) is 5.92 Å². The van der Waals surface area contributed by atoms with Crippen LogP contribution < -0.4 is 0 Å². The quantitative estimate of drug-likeness (QED) is 0.769. The second-order valence-corrected chi connectivity index (χ2v) is 5.10. The van der Waals surface area contributed by atoms with Gasteiger partial charge in [-0.25, -0.2) is 4.98 Å². The van der Waals surface area contributed by atoms with Crippen LogP contribution in [0.2, 0.25) is 0 Å². The molecule has 0 N–H and O–H groups in total. The first-order valence-electron chi connectivity index (χ1n) is 5.05. The molecule has 2 aromatic rings. The molecule has 0 aliphatic heterocycles. The van der Waals surface area contributed by atoms with Crippen LogP contribution in [0.5, 0.6) is 0 Å². The lowest BCUT2D eigenvalue weighted by Gasteiger charge is -2.04. The topological polar surface area (TPSA) is 25.8 Å². The summed E-state index contributed by atoms with van der Waals surface area (Å²) >= 11 is 1.70. The molecule has 0 aliphatic rings. The maximum absolute atomic E-state index is 4.44. The number of hydrogen-bond acceptors (Lipinski definition) is 3. The highest BCUT2D eigenvalue weighted by Crippen LogP contribution is 2.25. The van der Waals surface area contributed by atoms with Gasteiger partial charge in [0.1, 0.15) is 0 Å². The van der Waals surface area contributed by atoms with E-state index in [1.165, 1.54) is 4.88 Å². The zero-order valence-corrected chi connectivity index (χ0v) is 10.0. The first-order chi connectivity index (χ1) is 7.16. The lowest BCUT2D eigenvalue weighted by molar-refractivity contribution is 0.823. The number of nitrogens with zero attached hydrogens (tertiary/aromatic N) is 2. The second kappa shape index (κ2) is 4.11. The van der Waals surface area contributed by atoms with E-state index < -0.39 is 0 Å². The Morgan fingerprint density at radius 1 is 1.13 bits per heavy atom. The normalized spacial score (nSPS) is 10.9. The van der Waals surface area contributed by atoms with Crippen LogP contribution in [0, 0.1) is 6.92 Å². The van der Waals surface area contributed by atoms with Gasteiger partial charge in [-0.3, -0.25) is 4.98 Å². The molecule has 0 bridgehead atoms. The Morgan fingerprint density at radius 2 is 1.93 bits per heavy atom. The van der Waals surface area contributed by atoms with E-state index in [1.807, 2.05) is 19.3 Å². The molecule has 0 aromatic carbocycles. The van der Waals surface area contributed by atoms with Gasteiger partial charge < -0.3 is 0 Å². The molecule has 3 heteroatoms. The summed E-state index contributed by atoms with van der Waals surface area (Å²) in [6.07, 6.45) is 3.84. The monoisotopic (exact) mass is 218 g/mol. The molecule has 0 aliphatic carbocycles. The summed E-state index contributed by atoms with van der Waals surface area (Å²) in [6, 6.07) is 4.21. The van der Waals surface area contributed by atoms with Crippen LogP contribution in [-0.4, -0.2) is 9.97 Å². The maximum Gasteiger partial charge on any atom is 0.0900 e. The molecule has 0 saturated carbocycles. The van der Waals surface area contributed by atoms with Gasteiger partial charge in [-0.05, 0) is 18.9 Å². The number of rotatable bonds is 2. The average molecular weight is 218 g/mol. The van der Waals surface area contributed by atoms with E-state index in [-0.39, 0.29) is 0 Å². The van der Waals surface area contributed by atoms with Crippen molar-refractivity contribution in [1.29, 1.82) is 0 Å². The molecule has 15 heavy (non-hydrogen) atoms. The minimum atomic E-state index is 0.488. The number of thiazole rings is 1. The molecule has 0 spiro atoms. The SMILES string of the molecule is Cc1ncc(-c2ccc(C(C)C)nc2)s1. The summed E-state index contributed by atoms with van der Waals surface area (Å²) in [5.74, 6) is 0.488. The van der Waals surface area contributed by atoms with E-state index in [0.717, 1.165) is 16.3 Å². The molecular formula is C12H14N2S. The highest BCUT2D eigenvalue weighted by Gasteiger charge is 2.04. The fraction of sp³-hybridized carbons (Fsp3) is 0.333. The summed E-state index contributed by atoms with van der Waals surface area (Å²) in [6.45, 7) is 6.32. The van der Waals surface area contributed by atoms with Crippen molar-refractivity contribution in [2.24, 2.45) is 0 Å².